The van der Waals surface area contributed by atoms with E-state index in [0.717, 1.165) is 138 Å². The summed E-state index contributed by atoms with van der Waals surface area (Å²) in [6.07, 6.45) is 70.4. The molecule has 1 atom stereocenters. The van der Waals surface area contributed by atoms with E-state index in [9.17, 15) is 8.78 Å². The Kier molecular flexibility index (Phi) is 45.7. The first-order chi connectivity index (χ1) is 58.5. The molecular formula is C105H152F6N2S7. The van der Waals surface area contributed by atoms with Crippen molar-refractivity contribution in [3.05, 3.63) is 138 Å². The summed E-state index contributed by atoms with van der Waals surface area (Å²) in [4.78, 5) is 23.3. The first kappa shape index (κ1) is 99.8. The molecule has 9 aromatic rings. The van der Waals surface area contributed by atoms with Crippen molar-refractivity contribution in [1.82, 2.24) is 9.97 Å². The number of unbranched alkanes of at least 4 members (excludes halogenated alkanes) is 47. The van der Waals surface area contributed by atoms with E-state index < -0.39 is 45.7 Å². The third kappa shape index (κ3) is 30.9. The van der Waals surface area contributed by atoms with Crippen LogP contribution < -0.4 is 0 Å². The SMILES string of the molecule is CCCCCCCCCCCCCCc1cc(C(C)(CC)c2c(F)cc(F)cc2F)sc1-c1cc2sc(-c3cc(CCCCCCCCCCCC)c(-c4nc(CCCCCCCCCCCC)c(-c5sc(-c6sc(C(C)(C)c7c(F)cc(F)cc7F)cc6CCCCCCCCCCCC)nc5CCCCCCCCCCCC)s4)s3)cc2s1. The number of aryl methyl sites for hydroxylation is 5. The fourth-order valence-corrected chi connectivity index (χ4v) is 27.1. The van der Waals surface area contributed by atoms with Crippen LogP contribution in [0.1, 0.15) is 452 Å². The molecule has 666 valence electrons. The minimum absolute atomic E-state index is 0.0603. The van der Waals surface area contributed by atoms with Crippen LogP contribution in [0.3, 0.4) is 0 Å². The van der Waals surface area contributed by atoms with E-state index in [-0.39, 0.29) is 11.1 Å². The van der Waals surface area contributed by atoms with Crippen molar-refractivity contribution in [3.63, 3.8) is 0 Å². The van der Waals surface area contributed by atoms with Crippen molar-refractivity contribution in [2.45, 2.75) is 446 Å². The van der Waals surface area contributed by atoms with Crippen LogP contribution in [0.2, 0.25) is 0 Å². The summed E-state index contributed by atoms with van der Waals surface area (Å²) in [5.41, 5.74) is 3.89. The maximum absolute atomic E-state index is 16.1. The number of hydrogen-bond donors (Lipinski definition) is 0. The lowest BCUT2D eigenvalue weighted by Gasteiger charge is -2.28. The molecule has 0 aliphatic carbocycles. The Morgan fingerprint density at radius 3 is 0.883 bits per heavy atom. The van der Waals surface area contributed by atoms with Crippen LogP contribution in [0.4, 0.5) is 26.3 Å². The molecule has 0 amide bonds. The highest BCUT2D eigenvalue weighted by Crippen LogP contribution is 2.54. The fraction of sp³-hybridized carbons (Fsp3) is 0.657. The van der Waals surface area contributed by atoms with Crippen molar-refractivity contribution in [3.8, 4) is 49.0 Å². The van der Waals surface area contributed by atoms with Gasteiger partial charge in [0.15, 0.2) is 0 Å². The number of rotatable bonds is 67. The summed E-state index contributed by atoms with van der Waals surface area (Å²) < 4.78 is 96.0. The molecule has 2 aromatic carbocycles. The van der Waals surface area contributed by atoms with Crippen LogP contribution in [0.5, 0.6) is 0 Å². The predicted octanol–water partition coefficient (Wildman–Crippen LogP) is 39.4. The number of hydrogen-bond acceptors (Lipinski definition) is 9. The van der Waals surface area contributed by atoms with Gasteiger partial charge in [-0.15, -0.1) is 79.4 Å². The molecule has 1 unspecified atom stereocenters. The Morgan fingerprint density at radius 2 is 0.525 bits per heavy atom. The third-order valence-electron chi connectivity index (χ3n) is 25.6. The van der Waals surface area contributed by atoms with Crippen LogP contribution in [-0.4, -0.2) is 9.97 Å². The average Bonchev–Trinajstić information content (AvgIpc) is 1.59. The molecule has 0 N–H and O–H groups in total. The van der Waals surface area contributed by atoms with Crippen molar-refractivity contribution in [2.24, 2.45) is 0 Å². The van der Waals surface area contributed by atoms with E-state index in [0.29, 0.717) is 6.42 Å². The van der Waals surface area contributed by atoms with Crippen LogP contribution in [0.25, 0.3) is 58.4 Å². The summed E-state index contributed by atoms with van der Waals surface area (Å²) in [6.45, 7) is 19.1. The van der Waals surface area contributed by atoms with E-state index in [1.807, 2.05) is 84.4 Å². The molecule has 0 saturated heterocycles. The lowest BCUT2D eigenvalue weighted by atomic mass is 9.77. The summed E-state index contributed by atoms with van der Waals surface area (Å²) in [5.74, 6) is -5.19. The summed E-state index contributed by atoms with van der Waals surface area (Å²) in [6, 6.07) is 15.1. The second-order valence-electron chi connectivity index (χ2n) is 36.1. The Balaban J connectivity index is 1.10. The van der Waals surface area contributed by atoms with Gasteiger partial charge in [-0.1, -0.05) is 364 Å². The number of aromatic nitrogens is 2. The topological polar surface area (TPSA) is 25.8 Å². The summed E-state index contributed by atoms with van der Waals surface area (Å²) in [5, 5.41) is 2.08. The van der Waals surface area contributed by atoms with Gasteiger partial charge in [0.2, 0.25) is 0 Å². The molecular weight excluding hydrogens is 1630 g/mol. The molecule has 0 bridgehead atoms. The molecule has 15 heteroatoms. The van der Waals surface area contributed by atoms with Crippen LogP contribution in [-0.2, 0) is 42.9 Å². The lowest BCUT2D eigenvalue weighted by Crippen LogP contribution is -2.25. The van der Waals surface area contributed by atoms with Gasteiger partial charge >= 0.3 is 0 Å². The quantitative estimate of drug-likeness (QED) is 0.0280. The van der Waals surface area contributed by atoms with Crippen LogP contribution in [0.15, 0.2) is 54.6 Å². The van der Waals surface area contributed by atoms with Gasteiger partial charge in [0.05, 0.1) is 30.9 Å². The Bertz CT molecular complexity index is 4270. The van der Waals surface area contributed by atoms with Crippen molar-refractivity contribution in [1.29, 1.82) is 0 Å². The number of thiophene rings is 5. The molecule has 2 nitrogen and oxygen atoms in total. The van der Waals surface area contributed by atoms with Gasteiger partial charge in [-0.3, -0.25) is 0 Å². The number of benzene rings is 2. The zero-order valence-electron chi connectivity index (χ0n) is 75.7. The number of fused-ring (bicyclic) bond motifs is 1. The largest absolute Gasteiger partial charge is 0.240 e. The lowest BCUT2D eigenvalue weighted by molar-refractivity contribution is 0.455. The van der Waals surface area contributed by atoms with E-state index in [1.54, 1.807) is 22.7 Å². The molecule has 0 spiro atoms. The van der Waals surface area contributed by atoms with E-state index in [1.165, 1.54) is 348 Å². The second-order valence-corrected chi connectivity index (χ2v) is 43.4. The first-order valence-corrected chi connectivity index (χ1v) is 54.4. The van der Waals surface area contributed by atoms with Crippen molar-refractivity contribution < 1.29 is 26.3 Å². The molecule has 7 aromatic heterocycles. The van der Waals surface area contributed by atoms with Crippen LogP contribution >= 0.6 is 79.4 Å². The third-order valence-corrected chi connectivity index (χ3v) is 35.0. The highest BCUT2D eigenvalue weighted by atomic mass is 32.1. The first-order valence-electron chi connectivity index (χ1n) is 48.7. The Morgan fingerprint density at radius 1 is 0.250 bits per heavy atom. The standard InChI is InChI=1S/C105H152F6N2S7/c1-10-16-21-26-31-36-41-42-45-49-54-59-64-78-70-94(105(9,15-6)96-84(110)73-81(107)74-85(96)111)118-97(78)92-76-91-90(115-92)75-89(114-91)88-68-77(63-58-53-48-43-37-32-27-22-17-11-2)98(116-88)102-112-86(66-61-56-51-46-39-34-29-24-19-13-4)100(119-102)101-87(67-62-57-52-47-40-35-30-25-20-14-5)113-103(120-101)99-79(65-60-55-50-44-38-33-28-23-18-12-3)69-93(117-99)104(7,8)95-82(108)71-80(106)72-83(95)109/h68-76H,10-67H2,1-9H3. The van der Waals surface area contributed by atoms with E-state index in [4.69, 9.17) is 9.97 Å². The molecule has 0 radical (unpaired) electrons. The monoisotopic (exact) mass is 1780 g/mol. The van der Waals surface area contributed by atoms with E-state index >= 15 is 17.6 Å². The van der Waals surface area contributed by atoms with Gasteiger partial charge in [0.25, 0.3) is 0 Å². The summed E-state index contributed by atoms with van der Waals surface area (Å²) in [7, 11) is 0. The minimum Gasteiger partial charge on any atom is -0.240 e. The highest BCUT2D eigenvalue weighted by molar-refractivity contribution is 7.34. The number of thiazole rings is 2. The average molecular weight is 1780 g/mol. The fourth-order valence-electron chi connectivity index (χ4n) is 17.9. The highest BCUT2D eigenvalue weighted by Gasteiger charge is 2.38. The molecule has 7 heterocycles. The molecule has 0 saturated carbocycles. The minimum atomic E-state index is -1.08. The maximum atomic E-state index is 16.1. The normalized spacial score (nSPS) is 12.6. The van der Waals surface area contributed by atoms with E-state index in [2.05, 4.69) is 65.0 Å². The summed E-state index contributed by atoms with van der Waals surface area (Å²) >= 11 is 12.6. The zero-order chi connectivity index (χ0) is 85.3. The van der Waals surface area contributed by atoms with Gasteiger partial charge in [-0.05, 0) is 118 Å². The molecule has 120 heavy (non-hydrogen) atoms. The number of nitrogens with zero attached hydrogens (tertiary/aromatic N) is 2. The molecule has 9 rings (SSSR count). The van der Waals surface area contributed by atoms with Crippen molar-refractivity contribution in [2.75, 3.05) is 0 Å². The van der Waals surface area contributed by atoms with Gasteiger partial charge in [-0.2, -0.15) is 0 Å². The Hall–Kier alpha value is -3.96. The van der Waals surface area contributed by atoms with Gasteiger partial charge < -0.3 is 0 Å². The molecule has 0 aliphatic rings. The van der Waals surface area contributed by atoms with Crippen molar-refractivity contribution >= 4 is 88.8 Å². The van der Waals surface area contributed by atoms with Gasteiger partial charge in [0, 0.05) is 84.9 Å². The zero-order valence-corrected chi connectivity index (χ0v) is 81.4. The molecule has 0 fully saturated rings. The van der Waals surface area contributed by atoms with Gasteiger partial charge in [0.1, 0.15) is 44.9 Å². The maximum Gasteiger partial charge on any atom is 0.134 e. The number of halogens is 6. The second kappa shape index (κ2) is 54.9. The predicted molar refractivity (Wildman–Crippen MR) is 520 cm³/mol. The molecule has 0 aliphatic heterocycles. The Labute approximate surface area is 752 Å². The van der Waals surface area contributed by atoms with Crippen LogP contribution in [0, 0.1) is 34.9 Å². The van der Waals surface area contributed by atoms with Gasteiger partial charge in [-0.25, -0.2) is 36.3 Å². The smallest absolute Gasteiger partial charge is 0.134 e.